The summed E-state index contributed by atoms with van der Waals surface area (Å²) in [5.41, 5.74) is 1.54. The van der Waals surface area contributed by atoms with Crippen molar-refractivity contribution in [2.75, 3.05) is 0 Å². The van der Waals surface area contributed by atoms with Crippen LogP contribution in [0.1, 0.15) is 115 Å². The first-order valence-corrected chi connectivity index (χ1v) is 16.0. The van der Waals surface area contributed by atoms with E-state index in [0.717, 1.165) is 0 Å². The Hall–Kier alpha value is -2.60. The highest BCUT2D eigenvalue weighted by molar-refractivity contribution is 6.33. The van der Waals surface area contributed by atoms with Gasteiger partial charge in [-0.05, 0) is 61.5 Å². The lowest BCUT2D eigenvalue weighted by Crippen LogP contribution is -1.93. The van der Waals surface area contributed by atoms with E-state index in [4.69, 9.17) is 0 Å². The van der Waals surface area contributed by atoms with Crippen LogP contribution in [0.15, 0.2) is 66.7 Å². The quantitative estimate of drug-likeness (QED) is 0.0671. The monoisotopic (exact) mass is 504 g/mol. The third kappa shape index (κ3) is 6.33. The van der Waals surface area contributed by atoms with Crippen LogP contribution in [0.5, 0.6) is 0 Å². The third-order valence-electron chi connectivity index (χ3n) is 8.90. The van der Waals surface area contributed by atoms with Gasteiger partial charge in [-0.3, -0.25) is 0 Å². The van der Waals surface area contributed by atoms with Gasteiger partial charge in [0.1, 0.15) is 0 Å². The van der Waals surface area contributed by atoms with Gasteiger partial charge in [0.15, 0.2) is 0 Å². The Kier molecular flexibility index (Phi) is 9.93. The van der Waals surface area contributed by atoms with E-state index in [9.17, 15) is 0 Å². The van der Waals surface area contributed by atoms with Crippen LogP contribution in [0, 0.1) is 0 Å². The summed E-state index contributed by atoms with van der Waals surface area (Å²) in [6, 6.07) is 25.3. The SMILES string of the molecule is CCCCCCCCCCCCCCCCCCc1ccc2cccc3c4cccc5cccc(c1c23)c54. The topological polar surface area (TPSA) is 0 Å². The number of hydrogen-bond donors (Lipinski definition) is 0. The van der Waals surface area contributed by atoms with Crippen molar-refractivity contribution in [3.63, 3.8) is 0 Å². The van der Waals surface area contributed by atoms with Gasteiger partial charge < -0.3 is 0 Å². The molecule has 0 bridgehead atoms. The maximum absolute atomic E-state index is 2.42. The maximum Gasteiger partial charge on any atom is -0.00236 e. The van der Waals surface area contributed by atoms with E-state index in [1.165, 1.54) is 158 Å². The molecule has 0 heteroatoms. The summed E-state index contributed by atoms with van der Waals surface area (Å²) < 4.78 is 0. The summed E-state index contributed by atoms with van der Waals surface area (Å²) in [4.78, 5) is 0. The zero-order valence-electron chi connectivity index (χ0n) is 23.9. The predicted molar refractivity (Wildman–Crippen MR) is 171 cm³/mol. The molecule has 0 aliphatic heterocycles. The minimum Gasteiger partial charge on any atom is -0.0654 e. The standard InChI is InChI=1S/C38H48/c1-2-3-4-5-6-7-8-9-10-11-12-13-14-15-16-17-21-31-28-29-32-24-19-26-34-33-25-18-22-30-23-20-27-35(36(30)33)38(31)37(32)34/h18-20,22-29H,2-17,21H2,1H3. The van der Waals surface area contributed by atoms with Crippen LogP contribution in [0.3, 0.4) is 0 Å². The Morgan fingerprint density at radius 1 is 0.368 bits per heavy atom. The van der Waals surface area contributed by atoms with Crippen molar-refractivity contribution >= 4 is 43.1 Å². The Morgan fingerprint density at radius 3 is 1.37 bits per heavy atom. The molecule has 5 aromatic rings. The molecule has 0 aromatic heterocycles. The molecule has 0 aliphatic carbocycles. The first kappa shape index (κ1) is 27.0. The smallest absolute Gasteiger partial charge is 0.00236 e. The first-order chi connectivity index (χ1) is 18.9. The molecule has 38 heavy (non-hydrogen) atoms. The van der Waals surface area contributed by atoms with E-state index in [0.29, 0.717) is 0 Å². The van der Waals surface area contributed by atoms with E-state index < -0.39 is 0 Å². The fourth-order valence-electron chi connectivity index (χ4n) is 6.80. The molecule has 0 heterocycles. The predicted octanol–water partition coefficient (Wildman–Crippen LogP) is 12.5. The fourth-order valence-corrected chi connectivity index (χ4v) is 6.80. The lowest BCUT2D eigenvalue weighted by atomic mass is 9.86. The van der Waals surface area contributed by atoms with Crippen molar-refractivity contribution in [3.8, 4) is 0 Å². The molecule has 0 saturated heterocycles. The summed E-state index contributed by atoms with van der Waals surface area (Å²) in [5, 5.41) is 11.4. The highest BCUT2D eigenvalue weighted by atomic mass is 14.2. The van der Waals surface area contributed by atoms with Crippen LogP contribution in [0.25, 0.3) is 43.1 Å². The Morgan fingerprint density at radius 2 is 0.816 bits per heavy atom. The zero-order chi connectivity index (χ0) is 26.0. The van der Waals surface area contributed by atoms with Gasteiger partial charge in [0, 0.05) is 0 Å². The molecular weight excluding hydrogens is 456 g/mol. The third-order valence-corrected chi connectivity index (χ3v) is 8.90. The van der Waals surface area contributed by atoms with E-state index in [-0.39, 0.29) is 0 Å². The Labute approximate surface area is 231 Å². The second-order valence-electron chi connectivity index (χ2n) is 11.8. The van der Waals surface area contributed by atoms with Crippen molar-refractivity contribution in [2.24, 2.45) is 0 Å². The highest BCUT2D eigenvalue weighted by Gasteiger charge is 2.15. The number of unbranched alkanes of at least 4 members (excludes halogenated alkanes) is 15. The van der Waals surface area contributed by atoms with E-state index >= 15 is 0 Å². The van der Waals surface area contributed by atoms with Crippen LogP contribution in [0.4, 0.5) is 0 Å². The molecule has 0 amide bonds. The summed E-state index contributed by atoms with van der Waals surface area (Å²) in [7, 11) is 0. The Bertz CT molecular complexity index is 1400. The molecule has 0 spiro atoms. The van der Waals surface area contributed by atoms with Crippen molar-refractivity contribution in [1.29, 1.82) is 0 Å². The number of hydrogen-bond acceptors (Lipinski definition) is 0. The molecule has 5 aromatic carbocycles. The first-order valence-electron chi connectivity index (χ1n) is 16.0. The van der Waals surface area contributed by atoms with Crippen LogP contribution in [0.2, 0.25) is 0 Å². The van der Waals surface area contributed by atoms with E-state index in [2.05, 4.69) is 73.7 Å². The number of benzene rings is 5. The molecular formula is C38H48. The average Bonchev–Trinajstić information content (AvgIpc) is 2.95. The summed E-state index contributed by atoms with van der Waals surface area (Å²) >= 11 is 0. The molecule has 0 fully saturated rings. The molecule has 0 aliphatic rings. The van der Waals surface area contributed by atoms with Gasteiger partial charge in [0.25, 0.3) is 0 Å². The molecule has 0 nitrogen and oxygen atoms in total. The maximum atomic E-state index is 2.42. The van der Waals surface area contributed by atoms with Crippen molar-refractivity contribution in [1.82, 2.24) is 0 Å². The summed E-state index contributed by atoms with van der Waals surface area (Å²) in [6.07, 6.45) is 24.0. The van der Waals surface area contributed by atoms with Gasteiger partial charge in [0.05, 0.1) is 0 Å². The molecule has 0 saturated carbocycles. The normalized spacial score (nSPS) is 12.0. The van der Waals surface area contributed by atoms with Crippen LogP contribution in [-0.4, -0.2) is 0 Å². The lowest BCUT2D eigenvalue weighted by molar-refractivity contribution is 0.529. The lowest BCUT2D eigenvalue weighted by Gasteiger charge is -2.17. The zero-order valence-corrected chi connectivity index (χ0v) is 23.9. The van der Waals surface area contributed by atoms with Crippen LogP contribution >= 0.6 is 0 Å². The van der Waals surface area contributed by atoms with Gasteiger partial charge in [0.2, 0.25) is 0 Å². The minimum atomic E-state index is 1.19. The number of aryl methyl sites for hydroxylation is 1. The molecule has 200 valence electrons. The van der Waals surface area contributed by atoms with E-state index in [1.807, 2.05) is 0 Å². The number of rotatable bonds is 17. The minimum absolute atomic E-state index is 1.19. The van der Waals surface area contributed by atoms with Gasteiger partial charge in [-0.2, -0.15) is 0 Å². The highest BCUT2D eigenvalue weighted by Crippen LogP contribution is 2.41. The van der Waals surface area contributed by atoms with Gasteiger partial charge in [-0.1, -0.05) is 170 Å². The van der Waals surface area contributed by atoms with E-state index in [1.54, 1.807) is 0 Å². The van der Waals surface area contributed by atoms with Crippen LogP contribution in [-0.2, 0) is 6.42 Å². The van der Waals surface area contributed by atoms with Crippen LogP contribution < -0.4 is 0 Å². The molecule has 0 N–H and O–H groups in total. The molecule has 0 radical (unpaired) electrons. The molecule has 5 rings (SSSR count). The average molecular weight is 505 g/mol. The number of fused-ring (bicyclic) bond motifs is 2. The molecule has 0 unspecified atom stereocenters. The van der Waals surface area contributed by atoms with Gasteiger partial charge in [-0.15, -0.1) is 0 Å². The summed E-state index contributed by atoms with van der Waals surface area (Å²) in [5.74, 6) is 0. The van der Waals surface area contributed by atoms with Crippen molar-refractivity contribution < 1.29 is 0 Å². The summed E-state index contributed by atoms with van der Waals surface area (Å²) in [6.45, 7) is 2.30. The molecule has 0 atom stereocenters. The largest absolute Gasteiger partial charge is 0.0654 e. The fraction of sp³-hybridized carbons (Fsp3) is 0.474. The van der Waals surface area contributed by atoms with Crippen molar-refractivity contribution in [3.05, 3.63) is 72.3 Å². The second-order valence-corrected chi connectivity index (χ2v) is 11.8. The van der Waals surface area contributed by atoms with Gasteiger partial charge >= 0.3 is 0 Å². The van der Waals surface area contributed by atoms with Gasteiger partial charge in [-0.25, -0.2) is 0 Å². The Balaban J connectivity index is 1.09. The van der Waals surface area contributed by atoms with Crippen molar-refractivity contribution in [2.45, 2.75) is 116 Å². The second kappa shape index (κ2) is 14.0.